The number of ether oxygens (including phenoxy) is 2. The predicted octanol–water partition coefficient (Wildman–Crippen LogP) is 4.42. The van der Waals surface area contributed by atoms with Gasteiger partial charge in [-0.25, -0.2) is 9.98 Å². The summed E-state index contributed by atoms with van der Waals surface area (Å²) >= 11 is 0. The van der Waals surface area contributed by atoms with Crippen LogP contribution in [0.3, 0.4) is 0 Å². The number of hydrogen-bond acceptors (Lipinski definition) is 4. The van der Waals surface area contributed by atoms with E-state index in [0.29, 0.717) is 5.84 Å². The van der Waals surface area contributed by atoms with Gasteiger partial charge < -0.3 is 9.47 Å². The topological polar surface area (TPSA) is 43.2 Å². The van der Waals surface area contributed by atoms with E-state index in [1.807, 2.05) is 42.5 Å². The molecule has 1 heterocycles. The van der Waals surface area contributed by atoms with E-state index in [9.17, 15) is 0 Å². The van der Waals surface area contributed by atoms with Crippen LogP contribution in [-0.4, -0.2) is 25.8 Å². The van der Waals surface area contributed by atoms with Crippen molar-refractivity contribution in [3.05, 3.63) is 89.5 Å². The van der Waals surface area contributed by atoms with E-state index < -0.39 is 5.72 Å². The van der Waals surface area contributed by atoms with Crippen molar-refractivity contribution >= 4 is 11.5 Å². The second-order valence-corrected chi connectivity index (χ2v) is 6.56. The van der Waals surface area contributed by atoms with E-state index in [2.05, 4.69) is 30.3 Å². The quantitative estimate of drug-likeness (QED) is 0.698. The minimum atomic E-state index is -0.916. The molecule has 27 heavy (non-hydrogen) atoms. The first-order valence-corrected chi connectivity index (χ1v) is 8.85. The molecule has 2 aliphatic rings. The third kappa shape index (κ3) is 2.20. The molecule has 0 saturated heterocycles. The van der Waals surface area contributed by atoms with Gasteiger partial charge in [0.15, 0.2) is 5.84 Å². The summed E-state index contributed by atoms with van der Waals surface area (Å²) < 4.78 is 11.3. The highest BCUT2D eigenvalue weighted by Crippen LogP contribution is 2.47. The Labute approximate surface area is 157 Å². The molecule has 0 radical (unpaired) electrons. The monoisotopic (exact) mass is 354 g/mol. The Bertz CT molecular complexity index is 1100. The first-order chi connectivity index (χ1) is 13.3. The Morgan fingerprint density at radius 1 is 0.741 bits per heavy atom. The maximum absolute atomic E-state index is 6.04. The lowest BCUT2D eigenvalue weighted by atomic mass is 9.79. The van der Waals surface area contributed by atoms with Gasteiger partial charge in [0.1, 0.15) is 11.5 Å². The minimum absolute atomic E-state index is 0.668. The third-order valence-corrected chi connectivity index (χ3v) is 5.21. The van der Waals surface area contributed by atoms with Crippen molar-refractivity contribution in [3.63, 3.8) is 0 Å². The van der Waals surface area contributed by atoms with Crippen LogP contribution in [0, 0.1) is 0 Å². The fourth-order valence-corrected chi connectivity index (χ4v) is 3.90. The van der Waals surface area contributed by atoms with Crippen molar-refractivity contribution in [3.8, 4) is 16.9 Å². The van der Waals surface area contributed by atoms with Gasteiger partial charge in [-0.05, 0) is 35.4 Å². The van der Waals surface area contributed by atoms with E-state index in [-0.39, 0.29) is 0 Å². The molecule has 1 atom stereocenters. The van der Waals surface area contributed by atoms with Crippen LogP contribution in [0.2, 0.25) is 0 Å². The third-order valence-electron chi connectivity index (χ3n) is 5.21. The van der Waals surface area contributed by atoms with Crippen LogP contribution in [0.4, 0.5) is 0 Å². The average molecular weight is 354 g/mol. The van der Waals surface area contributed by atoms with E-state index in [1.54, 1.807) is 14.2 Å². The van der Waals surface area contributed by atoms with Gasteiger partial charge in [0.2, 0.25) is 5.72 Å². The lowest BCUT2D eigenvalue weighted by molar-refractivity contribution is 0.0586. The molecule has 4 heteroatoms. The molecule has 0 N–H and O–H groups in total. The molecule has 1 aliphatic carbocycles. The molecule has 0 aromatic heterocycles. The van der Waals surface area contributed by atoms with E-state index in [4.69, 9.17) is 19.5 Å². The van der Waals surface area contributed by atoms with Gasteiger partial charge in [-0.15, -0.1) is 0 Å². The molecule has 0 bridgehead atoms. The highest BCUT2D eigenvalue weighted by molar-refractivity contribution is 6.24. The van der Waals surface area contributed by atoms with E-state index >= 15 is 0 Å². The van der Waals surface area contributed by atoms with Crippen LogP contribution in [-0.2, 0) is 10.5 Å². The molecular formula is C23H18N2O2. The molecule has 132 valence electrons. The summed E-state index contributed by atoms with van der Waals surface area (Å²) in [4.78, 5) is 9.90. The number of rotatable bonds is 3. The standard InChI is InChI=1S/C23H18N2O2/c1-26-16-13-11-15(12-14-16)22-24-21-19-9-4-3-7-17(19)18-8-5-6-10-20(18)23(21,25-22)27-2/h3-14H,1-2H3. The summed E-state index contributed by atoms with van der Waals surface area (Å²) in [7, 11) is 3.35. The maximum atomic E-state index is 6.04. The van der Waals surface area contributed by atoms with Crippen LogP contribution >= 0.6 is 0 Å². The fourth-order valence-electron chi connectivity index (χ4n) is 3.90. The lowest BCUT2D eigenvalue weighted by Crippen LogP contribution is -2.37. The summed E-state index contributed by atoms with van der Waals surface area (Å²) in [6.45, 7) is 0. The van der Waals surface area contributed by atoms with Crippen molar-refractivity contribution in [2.75, 3.05) is 14.2 Å². The summed E-state index contributed by atoms with van der Waals surface area (Å²) in [5.74, 6) is 1.47. The largest absolute Gasteiger partial charge is 0.497 e. The highest BCUT2D eigenvalue weighted by Gasteiger charge is 2.48. The molecular weight excluding hydrogens is 336 g/mol. The molecule has 1 aliphatic heterocycles. The van der Waals surface area contributed by atoms with Crippen LogP contribution in [0.1, 0.15) is 16.7 Å². The van der Waals surface area contributed by atoms with Crippen LogP contribution in [0.25, 0.3) is 11.1 Å². The van der Waals surface area contributed by atoms with Crippen molar-refractivity contribution < 1.29 is 9.47 Å². The van der Waals surface area contributed by atoms with Crippen LogP contribution in [0.5, 0.6) is 5.75 Å². The zero-order valence-electron chi connectivity index (χ0n) is 15.1. The summed E-state index contributed by atoms with van der Waals surface area (Å²) in [6, 6.07) is 24.3. The minimum Gasteiger partial charge on any atom is -0.497 e. The zero-order valence-corrected chi connectivity index (χ0v) is 15.1. The molecule has 1 unspecified atom stereocenters. The first-order valence-electron chi connectivity index (χ1n) is 8.85. The first kappa shape index (κ1) is 16.0. The maximum Gasteiger partial charge on any atom is 0.231 e. The van der Waals surface area contributed by atoms with Gasteiger partial charge >= 0.3 is 0 Å². The Morgan fingerprint density at radius 3 is 2.11 bits per heavy atom. The van der Waals surface area contributed by atoms with Crippen molar-refractivity contribution in [2.24, 2.45) is 9.98 Å². The van der Waals surface area contributed by atoms with Gasteiger partial charge in [-0.1, -0.05) is 48.5 Å². The summed E-state index contributed by atoms with van der Waals surface area (Å²) in [5, 5.41) is 0. The molecule has 0 spiro atoms. The van der Waals surface area contributed by atoms with E-state index in [0.717, 1.165) is 39.3 Å². The molecule has 4 nitrogen and oxygen atoms in total. The second-order valence-electron chi connectivity index (χ2n) is 6.56. The van der Waals surface area contributed by atoms with Crippen molar-refractivity contribution in [2.45, 2.75) is 5.72 Å². The predicted molar refractivity (Wildman–Crippen MR) is 107 cm³/mol. The van der Waals surface area contributed by atoms with Gasteiger partial charge in [0.05, 0.1) is 7.11 Å². The van der Waals surface area contributed by atoms with Crippen molar-refractivity contribution in [1.29, 1.82) is 0 Å². The number of nitrogens with zero attached hydrogens (tertiary/aromatic N) is 2. The highest BCUT2D eigenvalue weighted by atomic mass is 16.5. The molecule has 0 saturated carbocycles. The second kappa shape index (κ2) is 5.89. The molecule has 5 rings (SSSR count). The average Bonchev–Trinajstić information content (AvgIpc) is 3.16. The smallest absolute Gasteiger partial charge is 0.231 e. The number of methoxy groups -OCH3 is 2. The Balaban J connectivity index is 1.76. The number of amidine groups is 1. The molecule has 3 aromatic carbocycles. The fraction of sp³-hybridized carbons (Fsp3) is 0.130. The van der Waals surface area contributed by atoms with E-state index in [1.165, 1.54) is 0 Å². The number of aliphatic imine (C=N–C) groups is 2. The normalized spacial score (nSPS) is 19.5. The van der Waals surface area contributed by atoms with Gasteiger partial charge in [-0.3, -0.25) is 0 Å². The number of benzene rings is 3. The zero-order chi connectivity index (χ0) is 18.4. The Hall–Kier alpha value is -3.24. The molecule has 0 fully saturated rings. The van der Waals surface area contributed by atoms with Crippen molar-refractivity contribution in [1.82, 2.24) is 0 Å². The SMILES string of the molecule is COc1ccc(C2=NC3(OC)C(=N2)c2ccccc2-c2ccccc23)cc1. The Morgan fingerprint density at radius 2 is 1.41 bits per heavy atom. The van der Waals surface area contributed by atoms with Gasteiger partial charge in [-0.2, -0.15) is 0 Å². The van der Waals surface area contributed by atoms with Crippen LogP contribution < -0.4 is 4.74 Å². The van der Waals surface area contributed by atoms with Gasteiger partial charge in [0, 0.05) is 23.8 Å². The number of fused-ring (bicyclic) bond motifs is 6. The lowest BCUT2D eigenvalue weighted by Gasteiger charge is -2.34. The molecule has 0 amide bonds. The summed E-state index contributed by atoms with van der Waals surface area (Å²) in [5.41, 5.74) is 5.23. The Kier molecular flexibility index (Phi) is 3.49. The number of hydrogen-bond donors (Lipinski definition) is 0. The molecule has 3 aromatic rings. The van der Waals surface area contributed by atoms with Crippen LogP contribution in [0.15, 0.2) is 82.8 Å². The van der Waals surface area contributed by atoms with Gasteiger partial charge in [0.25, 0.3) is 0 Å². The summed E-state index contributed by atoms with van der Waals surface area (Å²) in [6.07, 6.45) is 0.